The van der Waals surface area contributed by atoms with Crippen LogP contribution in [0.1, 0.15) is 34.6 Å². The lowest BCUT2D eigenvalue weighted by Crippen LogP contribution is -2.62. The van der Waals surface area contributed by atoms with Crippen molar-refractivity contribution in [1.29, 1.82) is 0 Å². The first-order valence-corrected chi connectivity index (χ1v) is 3.77. The molecule has 0 aliphatic heterocycles. The topological polar surface area (TPSA) is 52.0 Å². The van der Waals surface area contributed by atoms with Crippen molar-refractivity contribution in [3.8, 4) is 0 Å². The molecule has 0 aliphatic carbocycles. The van der Waals surface area contributed by atoms with Crippen molar-refractivity contribution < 1.29 is 0 Å². The molecule has 0 bridgehead atoms. The maximum absolute atomic E-state index is 5.91. The molecule has 2 nitrogen and oxygen atoms in total. The standard InChI is InChI=1S/C8H20N2/c1-6(2)8(9,10)7(3,4)5/h6H,9-10H2,1-5H3. The van der Waals surface area contributed by atoms with Gasteiger partial charge in [-0.05, 0) is 11.3 Å². The van der Waals surface area contributed by atoms with Crippen molar-refractivity contribution in [2.45, 2.75) is 40.3 Å². The van der Waals surface area contributed by atoms with Crippen LogP contribution in [-0.2, 0) is 0 Å². The third kappa shape index (κ3) is 1.70. The fraction of sp³-hybridized carbons (Fsp3) is 1.00. The Labute approximate surface area is 64.0 Å². The fourth-order valence-corrected chi connectivity index (χ4v) is 0.866. The van der Waals surface area contributed by atoms with Crippen molar-refractivity contribution >= 4 is 0 Å². The predicted molar refractivity (Wildman–Crippen MR) is 45.4 cm³/mol. The SMILES string of the molecule is CC(C)C(N)(N)C(C)(C)C. The Kier molecular flexibility index (Phi) is 2.49. The Morgan fingerprint density at radius 2 is 1.30 bits per heavy atom. The van der Waals surface area contributed by atoms with Gasteiger partial charge in [-0.3, -0.25) is 0 Å². The van der Waals surface area contributed by atoms with Gasteiger partial charge in [0, 0.05) is 0 Å². The molecule has 0 amide bonds. The molecular formula is C8H20N2. The third-order valence-corrected chi connectivity index (χ3v) is 2.25. The van der Waals surface area contributed by atoms with Gasteiger partial charge in [0.1, 0.15) is 0 Å². The highest BCUT2D eigenvalue weighted by Gasteiger charge is 2.36. The summed E-state index contributed by atoms with van der Waals surface area (Å²) < 4.78 is 0. The molecular weight excluding hydrogens is 124 g/mol. The van der Waals surface area contributed by atoms with Crippen molar-refractivity contribution in [3.63, 3.8) is 0 Å². The van der Waals surface area contributed by atoms with Crippen LogP contribution in [0.2, 0.25) is 0 Å². The number of hydrogen-bond donors (Lipinski definition) is 2. The summed E-state index contributed by atoms with van der Waals surface area (Å²) in [5.74, 6) is 0.312. The number of nitrogens with two attached hydrogens (primary N) is 2. The lowest BCUT2D eigenvalue weighted by Gasteiger charge is -2.41. The molecule has 10 heavy (non-hydrogen) atoms. The predicted octanol–water partition coefficient (Wildman–Crippen LogP) is 1.30. The first-order valence-electron chi connectivity index (χ1n) is 3.77. The Balaban J connectivity index is 4.40. The zero-order valence-electron chi connectivity index (χ0n) is 7.73. The first-order chi connectivity index (χ1) is 4.19. The minimum absolute atomic E-state index is 0.0266. The van der Waals surface area contributed by atoms with E-state index in [-0.39, 0.29) is 5.41 Å². The summed E-state index contributed by atoms with van der Waals surface area (Å²) in [6.07, 6.45) is 0. The summed E-state index contributed by atoms with van der Waals surface area (Å²) in [5.41, 5.74) is 11.2. The van der Waals surface area contributed by atoms with Crippen LogP contribution in [0.15, 0.2) is 0 Å². The highest BCUT2D eigenvalue weighted by atomic mass is 15.0. The number of hydrogen-bond acceptors (Lipinski definition) is 2. The van der Waals surface area contributed by atoms with Crippen LogP contribution in [0, 0.1) is 11.3 Å². The second-order valence-electron chi connectivity index (χ2n) is 4.34. The normalized spacial score (nSPS) is 14.4. The molecule has 0 spiro atoms. The van der Waals surface area contributed by atoms with E-state index < -0.39 is 5.66 Å². The molecule has 0 rings (SSSR count). The molecule has 0 atom stereocenters. The molecule has 0 saturated heterocycles. The van der Waals surface area contributed by atoms with Crippen molar-refractivity contribution in [3.05, 3.63) is 0 Å². The summed E-state index contributed by atoms with van der Waals surface area (Å²) in [6.45, 7) is 10.3. The second-order valence-corrected chi connectivity index (χ2v) is 4.34. The van der Waals surface area contributed by atoms with Gasteiger partial charge in [-0.15, -0.1) is 0 Å². The molecule has 0 unspecified atom stereocenters. The summed E-state index contributed by atoms with van der Waals surface area (Å²) in [5, 5.41) is 0. The van der Waals surface area contributed by atoms with Crippen LogP contribution in [0.4, 0.5) is 0 Å². The molecule has 0 aliphatic rings. The van der Waals surface area contributed by atoms with Crippen LogP contribution in [0.25, 0.3) is 0 Å². The van der Waals surface area contributed by atoms with Crippen LogP contribution in [-0.4, -0.2) is 5.66 Å². The van der Waals surface area contributed by atoms with E-state index in [4.69, 9.17) is 11.5 Å². The fourth-order valence-electron chi connectivity index (χ4n) is 0.866. The molecule has 62 valence electrons. The summed E-state index contributed by atoms with van der Waals surface area (Å²) in [7, 11) is 0. The van der Waals surface area contributed by atoms with E-state index in [0.29, 0.717) is 5.92 Å². The molecule has 0 aromatic rings. The van der Waals surface area contributed by atoms with Gasteiger partial charge in [0.2, 0.25) is 0 Å². The first kappa shape index (κ1) is 9.92. The van der Waals surface area contributed by atoms with Gasteiger partial charge >= 0.3 is 0 Å². The maximum Gasteiger partial charge on any atom is 0.0710 e. The second kappa shape index (κ2) is 2.51. The quantitative estimate of drug-likeness (QED) is 0.545. The summed E-state index contributed by atoms with van der Waals surface area (Å²) in [4.78, 5) is 0. The monoisotopic (exact) mass is 144 g/mol. The zero-order valence-corrected chi connectivity index (χ0v) is 7.73. The van der Waals surface area contributed by atoms with E-state index in [9.17, 15) is 0 Å². The van der Waals surface area contributed by atoms with E-state index in [1.807, 2.05) is 13.8 Å². The average Bonchev–Trinajstić information content (AvgIpc) is 1.62. The van der Waals surface area contributed by atoms with Crippen LogP contribution < -0.4 is 11.5 Å². The molecule has 0 radical (unpaired) electrons. The minimum Gasteiger partial charge on any atom is -0.313 e. The number of rotatable bonds is 1. The van der Waals surface area contributed by atoms with Crippen molar-refractivity contribution in [2.75, 3.05) is 0 Å². The lowest BCUT2D eigenvalue weighted by atomic mass is 9.75. The Hall–Kier alpha value is -0.0800. The van der Waals surface area contributed by atoms with Gasteiger partial charge < -0.3 is 11.5 Å². The average molecular weight is 144 g/mol. The van der Waals surface area contributed by atoms with Gasteiger partial charge in [0.25, 0.3) is 0 Å². The summed E-state index contributed by atoms with van der Waals surface area (Å²) >= 11 is 0. The van der Waals surface area contributed by atoms with E-state index in [1.54, 1.807) is 0 Å². The molecule has 0 aromatic heterocycles. The highest BCUT2D eigenvalue weighted by Crippen LogP contribution is 2.29. The van der Waals surface area contributed by atoms with E-state index in [2.05, 4.69) is 20.8 Å². The van der Waals surface area contributed by atoms with E-state index in [0.717, 1.165) is 0 Å². The Morgan fingerprint density at radius 3 is 1.30 bits per heavy atom. The molecule has 0 fully saturated rings. The molecule has 0 saturated carbocycles. The van der Waals surface area contributed by atoms with Crippen LogP contribution in [0.5, 0.6) is 0 Å². The smallest absolute Gasteiger partial charge is 0.0710 e. The molecule has 0 heterocycles. The third-order valence-electron chi connectivity index (χ3n) is 2.25. The van der Waals surface area contributed by atoms with Gasteiger partial charge in [-0.1, -0.05) is 34.6 Å². The van der Waals surface area contributed by atoms with Crippen molar-refractivity contribution in [1.82, 2.24) is 0 Å². The van der Waals surface area contributed by atoms with Crippen LogP contribution in [0.3, 0.4) is 0 Å². The Morgan fingerprint density at radius 1 is 1.00 bits per heavy atom. The van der Waals surface area contributed by atoms with E-state index >= 15 is 0 Å². The summed E-state index contributed by atoms with van der Waals surface area (Å²) in [6, 6.07) is 0. The lowest BCUT2D eigenvalue weighted by molar-refractivity contribution is 0.136. The van der Waals surface area contributed by atoms with Gasteiger partial charge in [0.05, 0.1) is 5.66 Å². The maximum atomic E-state index is 5.91. The largest absolute Gasteiger partial charge is 0.313 e. The van der Waals surface area contributed by atoms with Crippen molar-refractivity contribution in [2.24, 2.45) is 22.8 Å². The zero-order chi connectivity index (χ0) is 8.58. The highest BCUT2D eigenvalue weighted by molar-refractivity contribution is 4.91. The van der Waals surface area contributed by atoms with E-state index in [1.165, 1.54) is 0 Å². The Bertz CT molecular complexity index is 109. The van der Waals surface area contributed by atoms with Gasteiger partial charge in [-0.25, -0.2) is 0 Å². The molecule has 4 N–H and O–H groups in total. The van der Waals surface area contributed by atoms with Crippen LogP contribution >= 0.6 is 0 Å². The van der Waals surface area contributed by atoms with Gasteiger partial charge in [0.15, 0.2) is 0 Å². The molecule has 2 heteroatoms. The van der Waals surface area contributed by atoms with Gasteiger partial charge in [-0.2, -0.15) is 0 Å². The molecule has 0 aromatic carbocycles. The minimum atomic E-state index is -0.562.